The van der Waals surface area contributed by atoms with Crippen molar-refractivity contribution in [3.63, 3.8) is 0 Å². The molecule has 0 amide bonds. The van der Waals surface area contributed by atoms with Gasteiger partial charge in [0.05, 0.1) is 26.0 Å². The fourth-order valence-corrected chi connectivity index (χ4v) is 1.96. The first-order chi connectivity index (χ1) is 12.0. The van der Waals surface area contributed by atoms with Gasteiger partial charge in [-0.15, -0.1) is 0 Å². The molecule has 0 atom stereocenters. The highest BCUT2D eigenvalue weighted by Crippen LogP contribution is 2.28. The van der Waals surface area contributed by atoms with E-state index in [4.69, 9.17) is 19.9 Å². The zero-order chi connectivity index (χ0) is 18.2. The van der Waals surface area contributed by atoms with Crippen molar-refractivity contribution in [1.29, 1.82) is 0 Å². The molecule has 130 valence electrons. The van der Waals surface area contributed by atoms with Gasteiger partial charge in [-0.3, -0.25) is 5.43 Å². The number of carbonyl (C=O) groups excluding carboxylic acids is 1. The molecule has 3 N–H and O–H groups in total. The molecule has 0 saturated carbocycles. The Kier molecular flexibility index (Phi) is 6.30. The lowest BCUT2D eigenvalue weighted by molar-refractivity contribution is 0.0729. The molecule has 0 aliphatic carbocycles. The van der Waals surface area contributed by atoms with Crippen LogP contribution in [0.2, 0.25) is 0 Å². The van der Waals surface area contributed by atoms with Crippen LogP contribution >= 0.6 is 12.2 Å². The number of nitrogens with two attached hydrogens (primary N) is 1. The second-order valence-electron chi connectivity index (χ2n) is 4.76. The number of ether oxygens (including phenoxy) is 3. The zero-order valence-corrected chi connectivity index (χ0v) is 14.5. The third-order valence-corrected chi connectivity index (χ3v) is 3.20. The number of benzene rings is 2. The van der Waals surface area contributed by atoms with Gasteiger partial charge in [-0.25, -0.2) is 4.79 Å². The maximum atomic E-state index is 12.2. The van der Waals surface area contributed by atoms with Crippen molar-refractivity contribution in [2.75, 3.05) is 14.2 Å². The number of nitrogens with zero attached hydrogens (tertiary/aromatic N) is 1. The van der Waals surface area contributed by atoms with Crippen molar-refractivity contribution < 1.29 is 19.0 Å². The average Bonchev–Trinajstić information content (AvgIpc) is 2.62. The van der Waals surface area contributed by atoms with Crippen molar-refractivity contribution in [1.82, 2.24) is 5.43 Å². The minimum atomic E-state index is -0.502. The second-order valence-corrected chi connectivity index (χ2v) is 5.20. The van der Waals surface area contributed by atoms with Crippen molar-refractivity contribution in [2.45, 2.75) is 0 Å². The molecule has 2 aromatic carbocycles. The number of rotatable bonds is 6. The van der Waals surface area contributed by atoms with Crippen molar-refractivity contribution in [2.24, 2.45) is 10.8 Å². The van der Waals surface area contributed by atoms with E-state index in [9.17, 15) is 4.79 Å². The predicted octanol–water partition coefficient (Wildman–Crippen LogP) is 2.09. The van der Waals surface area contributed by atoms with Crippen LogP contribution in [0.15, 0.2) is 47.6 Å². The van der Waals surface area contributed by atoms with Crippen LogP contribution in [0.4, 0.5) is 0 Å². The molecule has 8 heteroatoms. The standard InChI is InChI=1S/C17H17N3O4S/c1-22-13-6-4-12(5-7-13)16(21)24-14-8-3-11(9-15(14)23-2)10-19-20-17(18)25/h3-10H,1-2H3,(H3,18,20,25). The van der Waals surface area contributed by atoms with Crippen LogP contribution < -0.4 is 25.4 Å². The van der Waals surface area contributed by atoms with Gasteiger partial charge in [0.25, 0.3) is 0 Å². The molecule has 0 aromatic heterocycles. The largest absolute Gasteiger partial charge is 0.497 e. The van der Waals surface area contributed by atoms with Crippen LogP contribution in [0, 0.1) is 0 Å². The van der Waals surface area contributed by atoms with Crippen LogP contribution in [0.5, 0.6) is 17.2 Å². The summed E-state index contributed by atoms with van der Waals surface area (Å²) in [5.74, 6) is 0.838. The number of hydrogen-bond donors (Lipinski definition) is 2. The van der Waals surface area contributed by atoms with E-state index < -0.39 is 5.97 Å². The van der Waals surface area contributed by atoms with Gasteiger partial charge in [-0.1, -0.05) is 0 Å². The van der Waals surface area contributed by atoms with E-state index in [1.165, 1.54) is 13.3 Å². The summed E-state index contributed by atoms with van der Waals surface area (Å²) >= 11 is 4.65. The lowest BCUT2D eigenvalue weighted by atomic mass is 10.2. The van der Waals surface area contributed by atoms with Crippen LogP contribution in [-0.2, 0) is 0 Å². The van der Waals surface area contributed by atoms with Crippen molar-refractivity contribution in [3.05, 3.63) is 53.6 Å². The van der Waals surface area contributed by atoms with E-state index in [0.717, 1.165) is 0 Å². The number of thiocarbonyl (C=S) groups is 1. The Labute approximate surface area is 150 Å². The maximum absolute atomic E-state index is 12.2. The summed E-state index contributed by atoms with van der Waals surface area (Å²) in [6.45, 7) is 0. The monoisotopic (exact) mass is 359 g/mol. The molecule has 7 nitrogen and oxygen atoms in total. The molecule has 0 radical (unpaired) electrons. The summed E-state index contributed by atoms with van der Waals surface area (Å²) in [6.07, 6.45) is 1.51. The van der Waals surface area contributed by atoms with Crippen LogP contribution in [-0.4, -0.2) is 31.5 Å². The highest BCUT2D eigenvalue weighted by molar-refractivity contribution is 7.80. The minimum Gasteiger partial charge on any atom is -0.497 e. The van der Waals surface area contributed by atoms with E-state index in [0.29, 0.717) is 28.4 Å². The summed E-state index contributed by atoms with van der Waals surface area (Å²) in [4.78, 5) is 12.2. The Morgan fingerprint density at radius 3 is 2.44 bits per heavy atom. The van der Waals surface area contributed by atoms with Gasteiger partial charge >= 0.3 is 5.97 Å². The summed E-state index contributed by atoms with van der Waals surface area (Å²) in [5.41, 5.74) is 8.84. The first-order valence-electron chi connectivity index (χ1n) is 7.16. The number of carbonyl (C=O) groups is 1. The summed E-state index contributed by atoms with van der Waals surface area (Å²) in [5, 5.41) is 3.92. The molecular weight excluding hydrogens is 342 g/mol. The first-order valence-corrected chi connectivity index (χ1v) is 7.57. The van der Waals surface area contributed by atoms with Gasteiger partial charge in [-0.2, -0.15) is 5.10 Å². The molecule has 2 aromatic rings. The zero-order valence-electron chi connectivity index (χ0n) is 13.7. The maximum Gasteiger partial charge on any atom is 0.343 e. The third kappa shape index (κ3) is 5.18. The highest BCUT2D eigenvalue weighted by Gasteiger charge is 2.13. The molecule has 0 bridgehead atoms. The number of hydrogen-bond acceptors (Lipinski definition) is 6. The Bertz CT molecular complexity index is 791. The molecule has 0 aliphatic heterocycles. The SMILES string of the molecule is COc1ccc(C(=O)Oc2ccc(C=NNC(N)=S)cc2OC)cc1. The minimum absolute atomic E-state index is 0.0632. The molecule has 2 rings (SSSR count). The number of methoxy groups -OCH3 is 2. The number of hydrazone groups is 1. The van der Waals surface area contributed by atoms with E-state index in [1.54, 1.807) is 49.6 Å². The van der Waals surface area contributed by atoms with Gasteiger partial charge in [0.1, 0.15) is 5.75 Å². The van der Waals surface area contributed by atoms with E-state index in [1.807, 2.05) is 0 Å². The molecule has 25 heavy (non-hydrogen) atoms. The topological polar surface area (TPSA) is 95.2 Å². The Morgan fingerprint density at radius 1 is 1.12 bits per heavy atom. The molecule has 0 unspecified atom stereocenters. The van der Waals surface area contributed by atoms with Crippen LogP contribution in [0.25, 0.3) is 0 Å². The lowest BCUT2D eigenvalue weighted by Gasteiger charge is -2.10. The molecular formula is C17H17N3O4S. The smallest absolute Gasteiger partial charge is 0.343 e. The Hall–Kier alpha value is -3.13. The Balaban J connectivity index is 2.13. The number of nitrogens with one attached hydrogen (secondary N) is 1. The summed E-state index contributed by atoms with van der Waals surface area (Å²) in [7, 11) is 3.04. The van der Waals surface area contributed by atoms with Crippen LogP contribution in [0.1, 0.15) is 15.9 Å². The molecule has 0 spiro atoms. The lowest BCUT2D eigenvalue weighted by Crippen LogP contribution is -2.23. The summed E-state index contributed by atoms with van der Waals surface area (Å²) in [6, 6.07) is 11.6. The third-order valence-electron chi connectivity index (χ3n) is 3.10. The van der Waals surface area contributed by atoms with Gasteiger partial charge < -0.3 is 19.9 Å². The first kappa shape index (κ1) is 18.2. The van der Waals surface area contributed by atoms with Crippen LogP contribution in [0.3, 0.4) is 0 Å². The highest BCUT2D eigenvalue weighted by atomic mass is 32.1. The molecule has 0 heterocycles. The van der Waals surface area contributed by atoms with E-state index in [-0.39, 0.29) is 5.11 Å². The van der Waals surface area contributed by atoms with Crippen molar-refractivity contribution in [3.8, 4) is 17.2 Å². The Morgan fingerprint density at radius 2 is 1.84 bits per heavy atom. The predicted molar refractivity (Wildman–Crippen MR) is 98.5 cm³/mol. The average molecular weight is 359 g/mol. The second kappa shape index (κ2) is 8.65. The normalized spacial score (nSPS) is 10.3. The van der Waals surface area contributed by atoms with E-state index in [2.05, 4.69) is 22.7 Å². The number of esters is 1. The quantitative estimate of drug-likeness (QED) is 0.268. The van der Waals surface area contributed by atoms with Gasteiger partial charge in [0, 0.05) is 0 Å². The molecule has 0 aliphatic rings. The van der Waals surface area contributed by atoms with Gasteiger partial charge in [0.2, 0.25) is 0 Å². The molecule has 0 fully saturated rings. The summed E-state index contributed by atoms with van der Waals surface area (Å²) < 4.78 is 15.7. The fraction of sp³-hybridized carbons (Fsp3) is 0.118. The molecule has 0 saturated heterocycles. The fourth-order valence-electron chi connectivity index (χ4n) is 1.91. The van der Waals surface area contributed by atoms with E-state index >= 15 is 0 Å². The van der Waals surface area contributed by atoms with Crippen molar-refractivity contribution >= 4 is 29.5 Å². The van der Waals surface area contributed by atoms with Gasteiger partial charge in [0.15, 0.2) is 16.6 Å². The van der Waals surface area contributed by atoms with Gasteiger partial charge in [-0.05, 0) is 60.2 Å².